The summed E-state index contributed by atoms with van der Waals surface area (Å²) < 4.78 is 34.3. The number of hydrogen-bond donors (Lipinski definition) is 2. The molecule has 0 aliphatic heterocycles. The second kappa shape index (κ2) is 2.15. The fourth-order valence-electron chi connectivity index (χ4n) is 0.0896. The highest BCUT2D eigenvalue weighted by molar-refractivity contribution is 4.79. The summed E-state index contributed by atoms with van der Waals surface area (Å²) in [6, 6.07) is 0. The molecule has 0 aliphatic rings. The van der Waals surface area contributed by atoms with Gasteiger partial charge in [0, 0.05) is 0 Å². The van der Waals surface area contributed by atoms with Crippen molar-refractivity contribution in [3.05, 3.63) is 0 Å². The van der Waals surface area contributed by atoms with E-state index in [-0.39, 0.29) is 0 Å². The first-order valence-electron chi connectivity index (χ1n) is 2.21. The van der Waals surface area contributed by atoms with Crippen LogP contribution >= 0.6 is 0 Å². The Morgan fingerprint density at radius 3 is 1.67 bits per heavy atom. The van der Waals surface area contributed by atoms with Crippen LogP contribution < -0.4 is 0 Å². The predicted molar refractivity (Wildman–Crippen MR) is 23.8 cm³/mol. The number of alkyl halides is 3. The third-order valence-corrected chi connectivity index (χ3v) is 0.919. The van der Waals surface area contributed by atoms with E-state index < -0.39 is 18.4 Å². The minimum Gasteiger partial charge on any atom is -0.393 e. The number of rotatable bonds is 1. The Morgan fingerprint density at radius 1 is 1.33 bits per heavy atom. The van der Waals surface area contributed by atoms with Gasteiger partial charge in [0.1, 0.15) is 0 Å². The zero-order chi connectivity index (χ0) is 7.71. The second-order valence-corrected chi connectivity index (χ2v) is 1.93. The van der Waals surface area contributed by atoms with Crippen molar-refractivity contribution in [2.75, 3.05) is 6.61 Å². The fraction of sp³-hybridized carbons (Fsp3) is 1.00. The van der Waals surface area contributed by atoms with E-state index in [1.807, 2.05) is 0 Å². The molecule has 5 heteroatoms. The zero-order valence-corrected chi connectivity index (χ0v) is 4.74. The number of hydrogen-bond acceptors (Lipinski definition) is 2. The molecule has 0 spiro atoms. The van der Waals surface area contributed by atoms with E-state index in [1.54, 1.807) is 0 Å². The SMILES string of the molecule is C[C@](O)(CO)C(F)(F)F. The van der Waals surface area contributed by atoms with Gasteiger partial charge in [-0.15, -0.1) is 0 Å². The van der Waals surface area contributed by atoms with Gasteiger partial charge in [-0.1, -0.05) is 0 Å². The summed E-state index contributed by atoms with van der Waals surface area (Å²) in [4.78, 5) is 0. The Labute approximate surface area is 49.9 Å². The maximum Gasteiger partial charge on any atom is 0.419 e. The van der Waals surface area contributed by atoms with Gasteiger partial charge in [0.2, 0.25) is 0 Å². The molecule has 0 aromatic carbocycles. The first-order valence-corrected chi connectivity index (χ1v) is 2.21. The molecule has 0 fully saturated rings. The molecule has 0 aliphatic carbocycles. The number of halogens is 3. The number of aliphatic hydroxyl groups is 2. The summed E-state index contributed by atoms with van der Waals surface area (Å²) in [7, 11) is 0. The van der Waals surface area contributed by atoms with Crippen molar-refractivity contribution in [2.45, 2.75) is 18.7 Å². The highest BCUT2D eigenvalue weighted by Gasteiger charge is 2.49. The molecule has 0 radical (unpaired) electrons. The van der Waals surface area contributed by atoms with Crippen LogP contribution in [0.3, 0.4) is 0 Å². The minimum atomic E-state index is -4.75. The molecular formula is C4H7F3O2. The van der Waals surface area contributed by atoms with Crippen molar-refractivity contribution < 1.29 is 23.4 Å². The quantitative estimate of drug-likeness (QED) is 0.555. The molecule has 56 valence electrons. The second-order valence-electron chi connectivity index (χ2n) is 1.93. The first-order chi connectivity index (χ1) is 3.81. The third-order valence-electron chi connectivity index (χ3n) is 0.919. The highest BCUT2D eigenvalue weighted by atomic mass is 19.4. The van der Waals surface area contributed by atoms with Gasteiger partial charge >= 0.3 is 6.18 Å². The molecule has 2 nitrogen and oxygen atoms in total. The third kappa shape index (κ3) is 1.83. The Morgan fingerprint density at radius 2 is 1.67 bits per heavy atom. The van der Waals surface area contributed by atoms with Crippen LogP contribution in [0.2, 0.25) is 0 Å². The molecule has 9 heavy (non-hydrogen) atoms. The lowest BCUT2D eigenvalue weighted by Crippen LogP contribution is -2.45. The molecule has 0 aromatic heterocycles. The van der Waals surface area contributed by atoms with Crippen molar-refractivity contribution in [3.8, 4) is 0 Å². The van der Waals surface area contributed by atoms with Crippen LogP contribution in [0.5, 0.6) is 0 Å². The molecule has 0 saturated heterocycles. The molecule has 2 N–H and O–H groups in total. The molecule has 0 bridgehead atoms. The van der Waals surface area contributed by atoms with Gasteiger partial charge in [-0.3, -0.25) is 0 Å². The van der Waals surface area contributed by atoms with Gasteiger partial charge in [0.25, 0.3) is 0 Å². The molecule has 0 heterocycles. The smallest absolute Gasteiger partial charge is 0.393 e. The number of aliphatic hydroxyl groups excluding tert-OH is 1. The average molecular weight is 144 g/mol. The summed E-state index contributed by atoms with van der Waals surface area (Å²) in [5, 5.41) is 16.2. The van der Waals surface area contributed by atoms with E-state index >= 15 is 0 Å². The normalized spacial score (nSPS) is 19.3. The van der Waals surface area contributed by atoms with E-state index in [2.05, 4.69) is 0 Å². The van der Waals surface area contributed by atoms with Crippen molar-refractivity contribution >= 4 is 0 Å². The molecule has 1 atom stereocenters. The first kappa shape index (κ1) is 8.71. The summed E-state index contributed by atoms with van der Waals surface area (Å²) in [5.41, 5.74) is -2.97. The maximum atomic E-state index is 11.4. The van der Waals surface area contributed by atoms with Gasteiger partial charge in [-0.05, 0) is 6.92 Å². The van der Waals surface area contributed by atoms with Crippen LogP contribution in [0.15, 0.2) is 0 Å². The largest absolute Gasteiger partial charge is 0.419 e. The maximum absolute atomic E-state index is 11.4. The molecule has 0 aromatic rings. The van der Waals surface area contributed by atoms with Crippen LogP contribution in [0, 0.1) is 0 Å². The van der Waals surface area contributed by atoms with E-state index in [9.17, 15) is 13.2 Å². The summed E-state index contributed by atoms with van der Waals surface area (Å²) in [6.45, 7) is -0.802. The average Bonchev–Trinajstić information content (AvgIpc) is 1.64. The highest BCUT2D eigenvalue weighted by Crippen LogP contribution is 2.28. The zero-order valence-electron chi connectivity index (χ0n) is 4.74. The van der Waals surface area contributed by atoms with E-state index in [1.165, 1.54) is 0 Å². The van der Waals surface area contributed by atoms with Crippen molar-refractivity contribution in [1.29, 1.82) is 0 Å². The van der Waals surface area contributed by atoms with Crippen LogP contribution in [0.1, 0.15) is 6.92 Å². The predicted octanol–water partition coefficient (Wildman–Crippen LogP) is 0.292. The topological polar surface area (TPSA) is 40.5 Å². The Bertz CT molecular complexity index is 96.5. The van der Waals surface area contributed by atoms with Gasteiger partial charge in [-0.2, -0.15) is 13.2 Å². The van der Waals surface area contributed by atoms with Crippen LogP contribution in [0.4, 0.5) is 13.2 Å². The van der Waals surface area contributed by atoms with Gasteiger partial charge in [-0.25, -0.2) is 0 Å². The lowest BCUT2D eigenvalue weighted by atomic mass is 10.1. The molecule has 0 rings (SSSR count). The summed E-state index contributed by atoms with van der Waals surface area (Å²) in [5.74, 6) is 0. The minimum absolute atomic E-state index is 0.507. The van der Waals surface area contributed by atoms with E-state index in [4.69, 9.17) is 10.2 Å². The summed E-state index contributed by atoms with van der Waals surface area (Å²) in [6.07, 6.45) is -4.75. The van der Waals surface area contributed by atoms with Crippen molar-refractivity contribution in [2.24, 2.45) is 0 Å². The lowest BCUT2D eigenvalue weighted by Gasteiger charge is -2.22. The van der Waals surface area contributed by atoms with Gasteiger partial charge < -0.3 is 10.2 Å². The Balaban J connectivity index is 4.14. The standard InChI is InChI=1S/C4H7F3O2/c1-3(9,2-8)4(5,6)7/h8-9H,2H2,1H3/t3-/m0/s1. The van der Waals surface area contributed by atoms with Crippen molar-refractivity contribution in [1.82, 2.24) is 0 Å². The van der Waals surface area contributed by atoms with Crippen LogP contribution in [-0.4, -0.2) is 28.6 Å². The molecular weight excluding hydrogens is 137 g/mol. The van der Waals surface area contributed by atoms with Gasteiger partial charge in [0.05, 0.1) is 6.61 Å². The Kier molecular flexibility index (Phi) is 2.08. The van der Waals surface area contributed by atoms with Crippen LogP contribution in [-0.2, 0) is 0 Å². The molecule has 0 unspecified atom stereocenters. The van der Waals surface area contributed by atoms with Crippen LogP contribution in [0.25, 0.3) is 0 Å². The Hall–Kier alpha value is -0.290. The molecule has 0 amide bonds. The molecule has 0 saturated carbocycles. The monoisotopic (exact) mass is 144 g/mol. The van der Waals surface area contributed by atoms with Crippen molar-refractivity contribution in [3.63, 3.8) is 0 Å². The summed E-state index contributed by atoms with van der Waals surface area (Å²) >= 11 is 0. The van der Waals surface area contributed by atoms with E-state index in [0.29, 0.717) is 6.92 Å². The lowest BCUT2D eigenvalue weighted by molar-refractivity contribution is -0.263. The fourth-order valence-corrected chi connectivity index (χ4v) is 0.0896. The van der Waals surface area contributed by atoms with E-state index in [0.717, 1.165) is 0 Å². The van der Waals surface area contributed by atoms with Gasteiger partial charge in [0.15, 0.2) is 5.60 Å².